The summed E-state index contributed by atoms with van der Waals surface area (Å²) in [7, 11) is 4.07. The van der Waals surface area contributed by atoms with Crippen LogP contribution in [-0.4, -0.2) is 38.8 Å². The summed E-state index contributed by atoms with van der Waals surface area (Å²) in [6.45, 7) is 3.63. The SMILES string of the molecule is CNCc1cc(Br)cnc1N(C)CC1CCCOC1. The quantitative estimate of drug-likeness (QED) is 0.901. The van der Waals surface area contributed by atoms with Crippen LogP contribution in [0.5, 0.6) is 0 Å². The lowest BCUT2D eigenvalue weighted by molar-refractivity contribution is 0.0576. The van der Waals surface area contributed by atoms with E-state index in [4.69, 9.17) is 4.74 Å². The number of anilines is 1. The molecule has 1 aliphatic heterocycles. The molecule has 1 aromatic rings. The molecule has 0 saturated carbocycles. The number of nitrogens with zero attached hydrogens (tertiary/aromatic N) is 2. The molecule has 1 N–H and O–H groups in total. The summed E-state index contributed by atoms with van der Waals surface area (Å²) in [5, 5.41) is 3.20. The molecule has 1 atom stereocenters. The Balaban J connectivity index is 2.06. The lowest BCUT2D eigenvalue weighted by atomic mass is 10.0. The van der Waals surface area contributed by atoms with Crippen LogP contribution in [0.25, 0.3) is 0 Å². The smallest absolute Gasteiger partial charge is 0.132 e. The predicted molar refractivity (Wildman–Crippen MR) is 81.5 cm³/mol. The van der Waals surface area contributed by atoms with E-state index in [9.17, 15) is 0 Å². The zero-order chi connectivity index (χ0) is 13.7. The van der Waals surface area contributed by atoms with Crippen molar-refractivity contribution in [1.82, 2.24) is 10.3 Å². The highest BCUT2D eigenvalue weighted by atomic mass is 79.9. The molecule has 1 unspecified atom stereocenters. The molecule has 0 radical (unpaired) electrons. The Labute approximate surface area is 123 Å². The fraction of sp³-hybridized carbons (Fsp3) is 0.643. The molecule has 1 aromatic heterocycles. The number of hydrogen-bond donors (Lipinski definition) is 1. The lowest BCUT2D eigenvalue weighted by Crippen LogP contribution is -2.32. The van der Waals surface area contributed by atoms with Gasteiger partial charge in [0.1, 0.15) is 5.82 Å². The van der Waals surface area contributed by atoms with Crippen LogP contribution in [0.4, 0.5) is 5.82 Å². The second-order valence-electron chi connectivity index (χ2n) is 5.13. The van der Waals surface area contributed by atoms with Gasteiger partial charge in [0.25, 0.3) is 0 Å². The summed E-state index contributed by atoms with van der Waals surface area (Å²) < 4.78 is 6.57. The first-order valence-electron chi connectivity index (χ1n) is 6.78. The average Bonchev–Trinajstić information content (AvgIpc) is 2.40. The van der Waals surface area contributed by atoms with E-state index in [2.05, 4.69) is 44.2 Å². The number of hydrogen-bond acceptors (Lipinski definition) is 4. The second-order valence-corrected chi connectivity index (χ2v) is 6.05. The summed E-state index contributed by atoms with van der Waals surface area (Å²) in [6, 6.07) is 2.13. The van der Waals surface area contributed by atoms with Gasteiger partial charge in [-0.3, -0.25) is 0 Å². The van der Waals surface area contributed by atoms with Crippen LogP contribution in [-0.2, 0) is 11.3 Å². The van der Waals surface area contributed by atoms with Crippen molar-refractivity contribution in [1.29, 1.82) is 0 Å². The molecular formula is C14H22BrN3O. The van der Waals surface area contributed by atoms with Crippen molar-refractivity contribution in [3.05, 3.63) is 22.3 Å². The van der Waals surface area contributed by atoms with Gasteiger partial charge in [-0.1, -0.05) is 0 Å². The van der Waals surface area contributed by atoms with Gasteiger partial charge in [-0.15, -0.1) is 0 Å². The van der Waals surface area contributed by atoms with Crippen molar-refractivity contribution >= 4 is 21.7 Å². The summed E-state index contributed by atoms with van der Waals surface area (Å²) in [4.78, 5) is 6.81. The van der Waals surface area contributed by atoms with Crippen molar-refractivity contribution in [2.24, 2.45) is 5.92 Å². The standard InChI is InChI=1S/C14H22BrN3O/c1-16-7-12-6-13(15)8-17-14(12)18(2)9-11-4-3-5-19-10-11/h6,8,11,16H,3-5,7,9-10H2,1-2H3. The van der Waals surface area contributed by atoms with Gasteiger partial charge in [-0.25, -0.2) is 4.98 Å². The Morgan fingerprint density at radius 3 is 3.11 bits per heavy atom. The Morgan fingerprint density at radius 2 is 2.42 bits per heavy atom. The van der Waals surface area contributed by atoms with Crippen molar-refractivity contribution in [3.63, 3.8) is 0 Å². The van der Waals surface area contributed by atoms with E-state index in [1.54, 1.807) is 0 Å². The van der Waals surface area contributed by atoms with Gasteiger partial charge in [0.05, 0.1) is 6.61 Å². The molecular weight excluding hydrogens is 306 g/mol. The van der Waals surface area contributed by atoms with E-state index in [1.165, 1.54) is 18.4 Å². The third kappa shape index (κ3) is 4.16. The van der Waals surface area contributed by atoms with E-state index in [1.807, 2.05) is 13.2 Å². The maximum atomic E-state index is 5.55. The van der Waals surface area contributed by atoms with E-state index in [0.717, 1.165) is 36.6 Å². The first kappa shape index (κ1) is 14.8. The molecule has 2 rings (SSSR count). The van der Waals surface area contributed by atoms with Gasteiger partial charge < -0.3 is 15.0 Å². The second kappa shape index (κ2) is 7.22. The zero-order valence-corrected chi connectivity index (χ0v) is 13.2. The van der Waals surface area contributed by atoms with Crippen LogP contribution in [0.2, 0.25) is 0 Å². The number of ether oxygens (including phenoxy) is 1. The molecule has 2 heterocycles. The van der Waals surface area contributed by atoms with Crippen LogP contribution in [0.1, 0.15) is 18.4 Å². The molecule has 0 amide bonds. The molecule has 0 bridgehead atoms. The molecule has 5 heteroatoms. The Kier molecular flexibility index (Phi) is 5.60. The van der Waals surface area contributed by atoms with E-state index >= 15 is 0 Å². The Hall–Kier alpha value is -0.650. The molecule has 106 valence electrons. The van der Waals surface area contributed by atoms with E-state index in [-0.39, 0.29) is 0 Å². The summed E-state index contributed by atoms with van der Waals surface area (Å²) in [6.07, 6.45) is 4.29. The third-order valence-corrected chi connectivity index (χ3v) is 3.86. The van der Waals surface area contributed by atoms with E-state index in [0.29, 0.717) is 5.92 Å². The molecule has 1 fully saturated rings. The normalized spacial score (nSPS) is 19.4. The maximum Gasteiger partial charge on any atom is 0.132 e. The first-order chi connectivity index (χ1) is 9.20. The fourth-order valence-electron chi connectivity index (χ4n) is 2.56. The number of halogens is 1. The predicted octanol–water partition coefficient (Wildman–Crippen LogP) is 2.43. The molecule has 1 aliphatic rings. The fourth-order valence-corrected chi connectivity index (χ4v) is 2.94. The van der Waals surface area contributed by atoms with Gasteiger partial charge in [-0.2, -0.15) is 0 Å². The Bertz CT molecular complexity index is 408. The summed E-state index contributed by atoms with van der Waals surface area (Å²) in [5.74, 6) is 1.68. The largest absolute Gasteiger partial charge is 0.381 e. The molecule has 19 heavy (non-hydrogen) atoms. The maximum absolute atomic E-state index is 5.55. The molecule has 4 nitrogen and oxygen atoms in total. The van der Waals surface area contributed by atoms with Crippen LogP contribution in [0, 0.1) is 5.92 Å². The van der Waals surface area contributed by atoms with Crippen molar-refractivity contribution in [2.75, 3.05) is 38.8 Å². The third-order valence-electron chi connectivity index (χ3n) is 3.42. The number of nitrogens with one attached hydrogen (secondary N) is 1. The van der Waals surface area contributed by atoms with Crippen molar-refractivity contribution < 1.29 is 4.74 Å². The van der Waals surface area contributed by atoms with Gasteiger partial charge in [0, 0.05) is 43.0 Å². The van der Waals surface area contributed by atoms with Gasteiger partial charge in [0.2, 0.25) is 0 Å². The molecule has 0 aromatic carbocycles. The Morgan fingerprint density at radius 1 is 1.58 bits per heavy atom. The number of aromatic nitrogens is 1. The highest BCUT2D eigenvalue weighted by Crippen LogP contribution is 2.23. The highest BCUT2D eigenvalue weighted by Gasteiger charge is 2.18. The van der Waals surface area contributed by atoms with Crippen molar-refractivity contribution in [3.8, 4) is 0 Å². The van der Waals surface area contributed by atoms with Crippen LogP contribution >= 0.6 is 15.9 Å². The highest BCUT2D eigenvalue weighted by molar-refractivity contribution is 9.10. The van der Waals surface area contributed by atoms with Gasteiger partial charge in [0.15, 0.2) is 0 Å². The molecule has 1 saturated heterocycles. The number of rotatable bonds is 5. The summed E-state index contributed by atoms with van der Waals surface area (Å²) in [5.41, 5.74) is 1.22. The lowest BCUT2D eigenvalue weighted by Gasteiger charge is -2.29. The summed E-state index contributed by atoms with van der Waals surface area (Å²) >= 11 is 3.49. The van der Waals surface area contributed by atoms with Gasteiger partial charge in [-0.05, 0) is 47.8 Å². The van der Waals surface area contributed by atoms with Crippen LogP contribution in [0.3, 0.4) is 0 Å². The first-order valence-corrected chi connectivity index (χ1v) is 7.58. The van der Waals surface area contributed by atoms with E-state index < -0.39 is 0 Å². The average molecular weight is 328 g/mol. The van der Waals surface area contributed by atoms with Crippen LogP contribution < -0.4 is 10.2 Å². The van der Waals surface area contributed by atoms with Crippen molar-refractivity contribution in [2.45, 2.75) is 19.4 Å². The molecule has 0 aliphatic carbocycles. The number of pyridine rings is 1. The minimum atomic E-state index is 0.617. The minimum Gasteiger partial charge on any atom is -0.381 e. The van der Waals surface area contributed by atoms with Gasteiger partial charge >= 0.3 is 0 Å². The molecule has 0 spiro atoms. The topological polar surface area (TPSA) is 37.4 Å². The van der Waals surface area contributed by atoms with Crippen LogP contribution in [0.15, 0.2) is 16.7 Å². The minimum absolute atomic E-state index is 0.617. The monoisotopic (exact) mass is 327 g/mol. The zero-order valence-electron chi connectivity index (χ0n) is 11.7.